The van der Waals surface area contributed by atoms with Crippen molar-refractivity contribution in [2.45, 2.75) is 26.4 Å². The molecule has 23 heavy (non-hydrogen) atoms. The average molecular weight is 311 g/mol. The number of benzene rings is 1. The minimum absolute atomic E-state index is 0.0579. The molecule has 0 saturated heterocycles. The van der Waals surface area contributed by atoms with E-state index in [4.69, 9.17) is 0 Å². The van der Waals surface area contributed by atoms with Gasteiger partial charge in [-0.1, -0.05) is 35.5 Å². The Labute approximate surface area is 132 Å². The van der Waals surface area contributed by atoms with Crippen molar-refractivity contribution in [2.75, 3.05) is 0 Å². The SMILES string of the molecule is CC(C)n1cc(-c2cn(Cc3ccccc3)nn2)c(=O)[nH]c1=O. The second-order valence-electron chi connectivity index (χ2n) is 5.59. The number of aromatic nitrogens is 5. The molecule has 7 nitrogen and oxygen atoms in total. The highest BCUT2D eigenvalue weighted by molar-refractivity contribution is 5.54. The molecule has 7 heteroatoms. The summed E-state index contributed by atoms with van der Waals surface area (Å²) in [6.45, 7) is 4.31. The predicted molar refractivity (Wildman–Crippen MR) is 86.3 cm³/mol. The van der Waals surface area contributed by atoms with E-state index in [0.717, 1.165) is 5.56 Å². The third kappa shape index (κ3) is 3.13. The first kappa shape index (κ1) is 15.0. The molecular weight excluding hydrogens is 294 g/mol. The summed E-state index contributed by atoms with van der Waals surface area (Å²) in [5, 5.41) is 8.10. The van der Waals surface area contributed by atoms with Gasteiger partial charge in [0.1, 0.15) is 5.69 Å². The molecular formula is C16H17N5O2. The fourth-order valence-electron chi connectivity index (χ4n) is 2.32. The minimum Gasteiger partial charge on any atom is -0.297 e. The first-order chi connectivity index (χ1) is 11.0. The summed E-state index contributed by atoms with van der Waals surface area (Å²) in [7, 11) is 0. The molecule has 0 saturated carbocycles. The molecule has 1 N–H and O–H groups in total. The summed E-state index contributed by atoms with van der Waals surface area (Å²) in [6.07, 6.45) is 3.23. The van der Waals surface area contributed by atoms with Crippen LogP contribution in [0.1, 0.15) is 25.5 Å². The van der Waals surface area contributed by atoms with Gasteiger partial charge in [-0.05, 0) is 19.4 Å². The molecule has 0 amide bonds. The van der Waals surface area contributed by atoms with Crippen molar-refractivity contribution in [2.24, 2.45) is 0 Å². The van der Waals surface area contributed by atoms with Gasteiger partial charge in [-0.2, -0.15) is 0 Å². The van der Waals surface area contributed by atoms with Crippen LogP contribution in [0.25, 0.3) is 11.3 Å². The Morgan fingerprint density at radius 1 is 1.13 bits per heavy atom. The molecule has 0 radical (unpaired) electrons. The van der Waals surface area contributed by atoms with Crippen LogP contribution >= 0.6 is 0 Å². The number of rotatable bonds is 4. The van der Waals surface area contributed by atoms with E-state index in [1.54, 1.807) is 10.9 Å². The summed E-state index contributed by atoms with van der Waals surface area (Å²) >= 11 is 0. The van der Waals surface area contributed by atoms with Crippen LogP contribution in [0.5, 0.6) is 0 Å². The zero-order valence-electron chi connectivity index (χ0n) is 12.9. The summed E-state index contributed by atoms with van der Waals surface area (Å²) in [6, 6.07) is 9.79. The Kier molecular flexibility index (Phi) is 3.92. The molecule has 0 aliphatic rings. The maximum Gasteiger partial charge on any atom is 0.328 e. The molecule has 1 aromatic carbocycles. The summed E-state index contributed by atoms with van der Waals surface area (Å²) in [4.78, 5) is 26.1. The van der Waals surface area contributed by atoms with Gasteiger partial charge in [-0.15, -0.1) is 5.10 Å². The molecule has 0 atom stereocenters. The van der Waals surface area contributed by atoms with Gasteiger partial charge in [0.2, 0.25) is 0 Å². The van der Waals surface area contributed by atoms with Crippen molar-refractivity contribution in [1.29, 1.82) is 0 Å². The largest absolute Gasteiger partial charge is 0.328 e. The molecule has 0 aliphatic carbocycles. The predicted octanol–water partition coefficient (Wildman–Crippen LogP) is 1.42. The quantitative estimate of drug-likeness (QED) is 0.789. The van der Waals surface area contributed by atoms with Crippen LogP contribution in [0.2, 0.25) is 0 Å². The van der Waals surface area contributed by atoms with E-state index < -0.39 is 11.2 Å². The van der Waals surface area contributed by atoms with Gasteiger partial charge in [-0.3, -0.25) is 14.3 Å². The summed E-state index contributed by atoms with van der Waals surface area (Å²) in [5.41, 5.74) is 0.975. The maximum absolute atomic E-state index is 12.0. The van der Waals surface area contributed by atoms with Crippen molar-refractivity contribution >= 4 is 0 Å². The van der Waals surface area contributed by atoms with E-state index in [9.17, 15) is 9.59 Å². The van der Waals surface area contributed by atoms with Crippen LogP contribution < -0.4 is 11.2 Å². The first-order valence-electron chi connectivity index (χ1n) is 7.34. The lowest BCUT2D eigenvalue weighted by atomic mass is 10.2. The number of nitrogens with zero attached hydrogens (tertiary/aromatic N) is 4. The number of nitrogens with one attached hydrogen (secondary N) is 1. The van der Waals surface area contributed by atoms with Gasteiger partial charge >= 0.3 is 5.69 Å². The Hall–Kier alpha value is -2.96. The minimum atomic E-state index is -0.460. The van der Waals surface area contributed by atoms with Crippen molar-refractivity contribution in [3.63, 3.8) is 0 Å². The third-order valence-electron chi connectivity index (χ3n) is 3.53. The zero-order chi connectivity index (χ0) is 16.4. The van der Waals surface area contributed by atoms with Gasteiger partial charge in [0, 0.05) is 12.2 Å². The Bertz CT molecular complexity index is 921. The number of hydrogen-bond acceptors (Lipinski definition) is 4. The second-order valence-corrected chi connectivity index (χ2v) is 5.59. The van der Waals surface area contributed by atoms with Crippen molar-refractivity contribution in [1.82, 2.24) is 24.5 Å². The molecule has 118 valence electrons. The van der Waals surface area contributed by atoms with E-state index in [1.807, 2.05) is 44.2 Å². The number of hydrogen-bond donors (Lipinski definition) is 1. The van der Waals surface area contributed by atoms with Crippen LogP contribution in [-0.4, -0.2) is 24.5 Å². The molecule has 3 aromatic rings. The third-order valence-corrected chi connectivity index (χ3v) is 3.53. The van der Waals surface area contributed by atoms with Crippen LogP contribution in [-0.2, 0) is 6.54 Å². The molecule has 3 rings (SSSR count). The Balaban J connectivity index is 1.96. The Morgan fingerprint density at radius 2 is 1.87 bits per heavy atom. The highest BCUT2D eigenvalue weighted by atomic mass is 16.2. The van der Waals surface area contributed by atoms with Gasteiger partial charge in [0.25, 0.3) is 5.56 Å². The molecule has 2 heterocycles. The maximum atomic E-state index is 12.0. The topological polar surface area (TPSA) is 85.6 Å². The molecule has 0 bridgehead atoms. The standard InChI is InChI=1S/C16H17N5O2/c1-11(2)21-9-13(15(22)17-16(21)23)14-10-20(19-18-14)8-12-6-4-3-5-7-12/h3-7,9-11H,8H2,1-2H3,(H,17,22,23). The van der Waals surface area contributed by atoms with Crippen LogP contribution in [0.15, 0.2) is 52.3 Å². The van der Waals surface area contributed by atoms with Gasteiger partial charge in [-0.25, -0.2) is 9.48 Å². The smallest absolute Gasteiger partial charge is 0.297 e. The second kappa shape index (κ2) is 6.04. The lowest BCUT2D eigenvalue weighted by Crippen LogP contribution is -2.31. The fourth-order valence-corrected chi connectivity index (χ4v) is 2.32. The molecule has 2 aromatic heterocycles. The first-order valence-corrected chi connectivity index (χ1v) is 7.34. The molecule has 0 spiro atoms. The average Bonchev–Trinajstić information content (AvgIpc) is 2.96. The monoisotopic (exact) mass is 311 g/mol. The van der Waals surface area contributed by atoms with Gasteiger partial charge in [0.15, 0.2) is 0 Å². The fraction of sp³-hybridized carbons (Fsp3) is 0.250. The summed E-state index contributed by atoms with van der Waals surface area (Å²) in [5.74, 6) is 0. The highest BCUT2D eigenvalue weighted by Crippen LogP contribution is 2.12. The van der Waals surface area contributed by atoms with E-state index in [2.05, 4.69) is 15.3 Å². The van der Waals surface area contributed by atoms with Crippen molar-refractivity contribution < 1.29 is 0 Å². The van der Waals surface area contributed by atoms with Gasteiger partial charge in [0.05, 0.1) is 18.3 Å². The van der Waals surface area contributed by atoms with Crippen molar-refractivity contribution in [3.05, 3.63) is 69.1 Å². The number of H-pyrrole nitrogens is 1. The Morgan fingerprint density at radius 3 is 2.57 bits per heavy atom. The lowest BCUT2D eigenvalue weighted by molar-refractivity contribution is 0.562. The number of aromatic amines is 1. The highest BCUT2D eigenvalue weighted by Gasteiger charge is 2.12. The molecule has 0 aliphatic heterocycles. The summed E-state index contributed by atoms with van der Waals surface area (Å²) < 4.78 is 3.13. The van der Waals surface area contributed by atoms with E-state index in [1.165, 1.54) is 10.8 Å². The van der Waals surface area contributed by atoms with Crippen LogP contribution in [0.4, 0.5) is 0 Å². The molecule has 0 fully saturated rings. The van der Waals surface area contributed by atoms with Crippen LogP contribution in [0.3, 0.4) is 0 Å². The molecule has 0 unspecified atom stereocenters. The van der Waals surface area contributed by atoms with Gasteiger partial charge < -0.3 is 0 Å². The zero-order valence-corrected chi connectivity index (χ0v) is 12.9. The lowest BCUT2D eigenvalue weighted by Gasteiger charge is -2.09. The van der Waals surface area contributed by atoms with E-state index in [-0.39, 0.29) is 6.04 Å². The van der Waals surface area contributed by atoms with E-state index in [0.29, 0.717) is 17.8 Å². The van der Waals surface area contributed by atoms with Crippen LogP contribution in [0, 0.1) is 0 Å². The van der Waals surface area contributed by atoms with E-state index >= 15 is 0 Å². The normalized spacial score (nSPS) is 11.1. The van der Waals surface area contributed by atoms with Crippen molar-refractivity contribution in [3.8, 4) is 11.3 Å².